The van der Waals surface area contributed by atoms with Crippen LogP contribution in [0.15, 0.2) is 46.6 Å². The Morgan fingerprint density at radius 2 is 2.07 bits per heavy atom. The first-order valence-electron chi connectivity index (χ1n) is 9.02. The van der Waals surface area contributed by atoms with Crippen LogP contribution in [0.2, 0.25) is 0 Å². The number of hydrogen-bond donors (Lipinski definition) is 1. The van der Waals surface area contributed by atoms with Crippen LogP contribution >= 0.6 is 11.8 Å². The molecule has 4 rings (SSSR count). The monoisotopic (exact) mass is 409 g/mol. The van der Waals surface area contributed by atoms with Crippen LogP contribution in [0.4, 0.5) is 13.2 Å². The number of amidine groups is 1. The van der Waals surface area contributed by atoms with E-state index in [9.17, 15) is 22.8 Å². The topological polar surface area (TPSA) is 63.5 Å². The molecule has 1 aromatic rings. The smallest absolute Gasteiger partial charge is 0.333 e. The van der Waals surface area contributed by atoms with Gasteiger partial charge < -0.3 is 9.88 Å². The van der Waals surface area contributed by atoms with Crippen LogP contribution < -0.4 is 5.32 Å². The van der Waals surface area contributed by atoms with E-state index in [2.05, 4.69) is 10.3 Å². The maximum atomic E-state index is 12.7. The van der Waals surface area contributed by atoms with Crippen molar-refractivity contribution < 1.29 is 22.8 Å². The highest BCUT2D eigenvalue weighted by Gasteiger charge is 2.36. The molecule has 0 radical (unpaired) electrons. The molecule has 1 aliphatic carbocycles. The molecule has 0 aromatic carbocycles. The highest BCUT2D eigenvalue weighted by atomic mass is 32.2. The number of halogens is 3. The summed E-state index contributed by atoms with van der Waals surface area (Å²) in [5, 5.41) is 3.24. The summed E-state index contributed by atoms with van der Waals surface area (Å²) in [6.45, 7) is 0.430. The summed E-state index contributed by atoms with van der Waals surface area (Å²) in [4.78, 5) is 28.9. The van der Waals surface area contributed by atoms with E-state index in [0.717, 1.165) is 11.6 Å². The number of hydrogen-bond acceptors (Lipinski definition) is 4. The molecule has 2 unspecified atom stereocenters. The number of allylic oxidation sites excluding steroid dienone is 3. The lowest BCUT2D eigenvalue weighted by Crippen LogP contribution is -2.38. The van der Waals surface area contributed by atoms with Crippen molar-refractivity contribution in [2.45, 2.75) is 43.2 Å². The quantitative estimate of drug-likeness (QED) is 0.808. The zero-order chi connectivity index (χ0) is 19.9. The minimum absolute atomic E-state index is 0.0252. The summed E-state index contributed by atoms with van der Waals surface area (Å²) < 4.78 is 39.9. The molecule has 0 spiro atoms. The van der Waals surface area contributed by atoms with Crippen LogP contribution in [0, 0.1) is 0 Å². The molecule has 0 saturated heterocycles. The lowest BCUT2D eigenvalue weighted by Gasteiger charge is -2.24. The molecule has 9 heteroatoms. The van der Waals surface area contributed by atoms with E-state index >= 15 is 0 Å². The number of carbonyl (C=O) groups is 2. The average molecular weight is 409 g/mol. The highest BCUT2D eigenvalue weighted by molar-refractivity contribution is 8.14. The number of amides is 1. The standard InChI is InChI=1S/C19H18F3N3O2S/c20-19(21,22)12-5-3-11(4-6-12)16-10-23-18(28-16)24-17(27)14-7-8-15(26)13-2-1-9-25(13)14/h1-3,5,9,14,16H,4,6-8,10H2,(H,23,24,27). The van der Waals surface area contributed by atoms with Gasteiger partial charge in [0.05, 0.1) is 17.5 Å². The Bertz CT molecular complexity index is 914. The molecule has 5 nitrogen and oxygen atoms in total. The minimum Gasteiger partial charge on any atom is -0.333 e. The molecule has 1 N–H and O–H groups in total. The van der Waals surface area contributed by atoms with Gasteiger partial charge in [-0.15, -0.1) is 0 Å². The second kappa shape index (κ2) is 7.27. The first-order chi connectivity index (χ1) is 13.3. The molecule has 1 aromatic heterocycles. The number of aromatic nitrogens is 1. The van der Waals surface area contributed by atoms with Gasteiger partial charge >= 0.3 is 6.18 Å². The molecule has 3 heterocycles. The summed E-state index contributed by atoms with van der Waals surface area (Å²) in [5.74, 6) is -0.203. The summed E-state index contributed by atoms with van der Waals surface area (Å²) in [7, 11) is 0. The van der Waals surface area contributed by atoms with E-state index in [1.807, 2.05) is 0 Å². The van der Waals surface area contributed by atoms with Crippen molar-refractivity contribution >= 4 is 28.6 Å². The lowest BCUT2D eigenvalue weighted by atomic mass is 9.96. The Morgan fingerprint density at radius 1 is 1.25 bits per heavy atom. The zero-order valence-corrected chi connectivity index (χ0v) is 15.6. The summed E-state index contributed by atoms with van der Waals surface area (Å²) in [5.41, 5.74) is 0.926. The largest absolute Gasteiger partial charge is 0.412 e. The van der Waals surface area contributed by atoms with E-state index in [0.29, 0.717) is 36.7 Å². The summed E-state index contributed by atoms with van der Waals surface area (Å²) >= 11 is 1.37. The van der Waals surface area contributed by atoms with Gasteiger partial charge in [0.15, 0.2) is 11.0 Å². The molecule has 1 amide bonds. The Morgan fingerprint density at radius 3 is 2.79 bits per heavy atom. The van der Waals surface area contributed by atoms with Crippen molar-refractivity contribution in [2.24, 2.45) is 4.99 Å². The van der Waals surface area contributed by atoms with E-state index in [4.69, 9.17) is 0 Å². The molecular formula is C19H18F3N3O2S. The highest BCUT2D eigenvalue weighted by Crippen LogP contribution is 2.37. The average Bonchev–Trinajstić information content (AvgIpc) is 3.31. The second-order valence-corrected chi connectivity index (χ2v) is 8.14. The number of carbonyl (C=O) groups excluding carboxylic acids is 2. The number of nitrogens with zero attached hydrogens (tertiary/aromatic N) is 2. The van der Waals surface area contributed by atoms with Crippen LogP contribution in [0.3, 0.4) is 0 Å². The summed E-state index contributed by atoms with van der Waals surface area (Å²) in [6.07, 6.45) is 1.19. The number of fused-ring (bicyclic) bond motifs is 1. The predicted molar refractivity (Wildman–Crippen MR) is 100 cm³/mol. The molecule has 2 aliphatic heterocycles. The van der Waals surface area contributed by atoms with Crippen molar-refractivity contribution in [3.63, 3.8) is 0 Å². The van der Waals surface area contributed by atoms with Gasteiger partial charge in [-0.1, -0.05) is 29.5 Å². The van der Waals surface area contributed by atoms with Crippen LogP contribution in [0.25, 0.3) is 0 Å². The van der Waals surface area contributed by atoms with Crippen LogP contribution in [-0.2, 0) is 4.79 Å². The first-order valence-corrected chi connectivity index (χ1v) is 9.90. The van der Waals surface area contributed by atoms with Gasteiger partial charge in [0.1, 0.15) is 6.04 Å². The Kier molecular flexibility index (Phi) is 4.95. The number of thioether (sulfide) groups is 1. The molecule has 0 saturated carbocycles. The van der Waals surface area contributed by atoms with Crippen molar-refractivity contribution in [1.29, 1.82) is 0 Å². The molecule has 28 heavy (non-hydrogen) atoms. The van der Waals surface area contributed by atoms with E-state index < -0.39 is 17.8 Å². The van der Waals surface area contributed by atoms with Gasteiger partial charge in [0.25, 0.3) is 0 Å². The van der Waals surface area contributed by atoms with Crippen molar-refractivity contribution in [1.82, 2.24) is 9.88 Å². The molecule has 2 atom stereocenters. The van der Waals surface area contributed by atoms with E-state index in [1.54, 1.807) is 22.9 Å². The van der Waals surface area contributed by atoms with Crippen molar-refractivity contribution in [2.75, 3.05) is 6.54 Å². The maximum Gasteiger partial charge on any atom is 0.412 e. The van der Waals surface area contributed by atoms with Crippen molar-refractivity contribution in [3.05, 3.63) is 47.3 Å². The third kappa shape index (κ3) is 3.67. The van der Waals surface area contributed by atoms with E-state index in [-0.39, 0.29) is 23.4 Å². The third-order valence-electron chi connectivity index (χ3n) is 5.19. The Balaban J connectivity index is 1.38. The normalized spacial score (nSPS) is 25.0. The Hall–Kier alpha value is -2.29. The molecule has 0 bridgehead atoms. The number of aliphatic imine (C=N–C) groups is 1. The number of ketones is 1. The molecule has 0 fully saturated rings. The fourth-order valence-corrected chi connectivity index (χ4v) is 4.75. The van der Waals surface area contributed by atoms with E-state index in [1.165, 1.54) is 17.8 Å². The SMILES string of the molecule is O=C1CCC(C(=O)NC2=NCC(C3=CC=C(C(F)(F)F)CC3)S2)n2cccc21. The number of Topliss-reactive ketones (excluding diaryl/α,β-unsaturated/α-hetero) is 1. The van der Waals surface area contributed by atoms with Gasteiger partial charge in [-0.05, 0) is 31.4 Å². The lowest BCUT2D eigenvalue weighted by molar-refractivity contribution is -0.123. The van der Waals surface area contributed by atoms with Gasteiger partial charge in [0.2, 0.25) is 5.91 Å². The van der Waals surface area contributed by atoms with Gasteiger partial charge in [-0.2, -0.15) is 13.2 Å². The summed E-state index contributed by atoms with van der Waals surface area (Å²) in [6, 6.07) is 2.99. The Labute approximate surface area is 163 Å². The molecule has 148 valence electrons. The van der Waals surface area contributed by atoms with Crippen molar-refractivity contribution in [3.8, 4) is 0 Å². The molecular weight excluding hydrogens is 391 g/mol. The van der Waals surface area contributed by atoms with Crippen LogP contribution in [0.5, 0.6) is 0 Å². The molecule has 3 aliphatic rings. The van der Waals surface area contributed by atoms with Gasteiger partial charge in [-0.25, -0.2) is 0 Å². The fraction of sp³-hybridized carbons (Fsp3) is 0.421. The zero-order valence-electron chi connectivity index (χ0n) is 14.8. The third-order valence-corrected chi connectivity index (χ3v) is 6.38. The number of rotatable bonds is 2. The second-order valence-electron chi connectivity index (χ2n) is 6.95. The first kappa shape index (κ1) is 19.0. The number of alkyl halides is 3. The fourth-order valence-electron chi connectivity index (χ4n) is 3.68. The van der Waals surface area contributed by atoms with Gasteiger partial charge in [0, 0.05) is 18.2 Å². The predicted octanol–water partition coefficient (Wildman–Crippen LogP) is 3.80. The minimum atomic E-state index is -4.28. The number of nitrogens with one attached hydrogen (secondary N) is 1. The van der Waals surface area contributed by atoms with Crippen LogP contribution in [0.1, 0.15) is 42.2 Å². The van der Waals surface area contributed by atoms with Crippen LogP contribution in [-0.4, -0.2) is 39.4 Å². The maximum absolute atomic E-state index is 12.7. The van der Waals surface area contributed by atoms with Gasteiger partial charge in [-0.3, -0.25) is 14.6 Å².